The lowest BCUT2D eigenvalue weighted by atomic mass is 9.70. The van der Waals surface area contributed by atoms with E-state index in [-0.39, 0.29) is 5.54 Å². The highest BCUT2D eigenvalue weighted by Gasteiger charge is 2.34. The Labute approximate surface area is 135 Å². The maximum Gasteiger partial charge on any atom is 0.167 e. The van der Waals surface area contributed by atoms with E-state index in [1.807, 2.05) is 0 Å². The molecule has 0 saturated heterocycles. The van der Waals surface area contributed by atoms with Crippen LogP contribution in [0.5, 0.6) is 0 Å². The molecule has 2 nitrogen and oxygen atoms in total. The maximum absolute atomic E-state index is 5.78. The van der Waals surface area contributed by atoms with E-state index in [9.17, 15) is 0 Å². The van der Waals surface area contributed by atoms with Gasteiger partial charge in [-0.3, -0.25) is 0 Å². The Bertz CT molecular complexity index is 415. The van der Waals surface area contributed by atoms with E-state index in [2.05, 4.69) is 37.3 Å². The van der Waals surface area contributed by atoms with Crippen LogP contribution in [-0.4, -0.2) is 16.7 Å². The summed E-state index contributed by atoms with van der Waals surface area (Å²) in [6.07, 6.45) is 15.2. The molecule has 0 aromatic heterocycles. The minimum atomic E-state index is -0.210. The van der Waals surface area contributed by atoms with Crippen molar-refractivity contribution in [2.75, 3.05) is 0 Å². The van der Waals surface area contributed by atoms with Gasteiger partial charge in [-0.05, 0) is 55.7 Å². The molecule has 2 N–H and O–H groups in total. The molecule has 0 bridgehead atoms. The fraction of sp³-hybridized carbons (Fsp3) is 0.833. The fourth-order valence-corrected chi connectivity index (χ4v) is 4.72. The van der Waals surface area contributed by atoms with E-state index in [0.717, 1.165) is 23.9 Å². The lowest BCUT2D eigenvalue weighted by Gasteiger charge is -2.41. The van der Waals surface area contributed by atoms with Crippen LogP contribution in [0.1, 0.15) is 72.1 Å². The van der Waals surface area contributed by atoms with Gasteiger partial charge in [-0.15, -0.1) is 6.42 Å². The normalized spacial score (nSPS) is 31.0. The molecule has 0 amide bonds. The van der Waals surface area contributed by atoms with E-state index < -0.39 is 0 Å². The van der Waals surface area contributed by atoms with Gasteiger partial charge in [0.15, 0.2) is 5.11 Å². The summed E-state index contributed by atoms with van der Waals surface area (Å²) in [6.45, 7) is 7.06. The van der Waals surface area contributed by atoms with Crippen molar-refractivity contribution in [1.82, 2.24) is 10.6 Å². The first kappa shape index (κ1) is 16.6. The first-order valence-corrected chi connectivity index (χ1v) is 8.81. The molecule has 0 spiro atoms. The third-order valence-electron chi connectivity index (χ3n) is 5.06. The molecule has 3 heteroatoms. The SMILES string of the molecule is C#CC1(NC(=S)N[C@@H]2C[C@@H](C)CC(C)(C)C2)CCCCC1. The first-order valence-electron chi connectivity index (χ1n) is 8.41. The third kappa shape index (κ3) is 4.61. The van der Waals surface area contributed by atoms with Gasteiger partial charge in [-0.25, -0.2) is 0 Å². The summed E-state index contributed by atoms with van der Waals surface area (Å²) in [5.41, 5.74) is 0.192. The molecular weight excluding hydrogens is 276 g/mol. The Balaban J connectivity index is 1.90. The van der Waals surface area contributed by atoms with Crippen LogP contribution in [0.15, 0.2) is 0 Å². The van der Waals surface area contributed by atoms with E-state index in [4.69, 9.17) is 18.6 Å². The van der Waals surface area contributed by atoms with Gasteiger partial charge in [-0.2, -0.15) is 0 Å². The van der Waals surface area contributed by atoms with Crippen LogP contribution in [0.3, 0.4) is 0 Å². The van der Waals surface area contributed by atoms with E-state index in [0.29, 0.717) is 11.5 Å². The molecule has 21 heavy (non-hydrogen) atoms. The first-order chi connectivity index (χ1) is 9.84. The van der Waals surface area contributed by atoms with Crippen LogP contribution in [0.2, 0.25) is 0 Å². The van der Waals surface area contributed by atoms with E-state index >= 15 is 0 Å². The summed E-state index contributed by atoms with van der Waals surface area (Å²) in [6, 6.07) is 0.474. The number of rotatable bonds is 2. The molecule has 0 heterocycles. The number of nitrogens with one attached hydrogen (secondary N) is 2. The van der Waals surface area contributed by atoms with Gasteiger partial charge < -0.3 is 10.6 Å². The van der Waals surface area contributed by atoms with E-state index in [1.54, 1.807) is 0 Å². The standard InChI is InChI=1S/C18H30N2S/c1-5-18(9-7-6-8-10-18)20-16(21)19-15-11-14(2)12-17(3,4)13-15/h1,14-15H,6-13H2,2-4H3,(H2,19,20,21)/t14-,15-/m1/s1. The topological polar surface area (TPSA) is 24.1 Å². The second kappa shape index (κ2) is 6.57. The highest BCUT2D eigenvalue weighted by Crippen LogP contribution is 2.38. The second-order valence-corrected chi connectivity index (χ2v) is 8.40. The van der Waals surface area contributed by atoms with Crippen LogP contribution in [0.25, 0.3) is 0 Å². The predicted molar refractivity (Wildman–Crippen MR) is 94.1 cm³/mol. The molecule has 118 valence electrons. The van der Waals surface area contributed by atoms with Gasteiger partial charge >= 0.3 is 0 Å². The van der Waals surface area contributed by atoms with E-state index in [1.165, 1.54) is 38.5 Å². The van der Waals surface area contributed by atoms with Gasteiger partial charge in [0.25, 0.3) is 0 Å². The van der Waals surface area contributed by atoms with Gasteiger partial charge in [-0.1, -0.05) is 46.0 Å². The van der Waals surface area contributed by atoms with Gasteiger partial charge in [0.1, 0.15) is 5.54 Å². The summed E-state index contributed by atoms with van der Waals surface area (Å²) < 4.78 is 0. The number of terminal acetylenes is 1. The van der Waals surface area contributed by atoms with Crippen molar-refractivity contribution in [3.63, 3.8) is 0 Å². The molecular formula is C18H30N2S. The molecule has 2 aliphatic carbocycles. The summed E-state index contributed by atoms with van der Waals surface area (Å²) in [7, 11) is 0. The van der Waals surface area contributed by atoms with Crippen molar-refractivity contribution in [3.8, 4) is 12.3 Å². The summed E-state index contributed by atoms with van der Waals surface area (Å²) in [4.78, 5) is 0. The molecule has 0 aromatic rings. The highest BCUT2D eigenvalue weighted by atomic mass is 32.1. The molecule has 2 aliphatic rings. The van der Waals surface area contributed by atoms with Gasteiger partial charge in [0.2, 0.25) is 0 Å². The highest BCUT2D eigenvalue weighted by molar-refractivity contribution is 7.80. The van der Waals surface area contributed by atoms with Crippen molar-refractivity contribution in [2.24, 2.45) is 11.3 Å². The summed E-state index contributed by atoms with van der Waals surface area (Å²) >= 11 is 5.55. The molecule has 0 radical (unpaired) electrons. The second-order valence-electron chi connectivity index (χ2n) is 8.00. The van der Waals surface area contributed by atoms with Crippen LogP contribution in [-0.2, 0) is 0 Å². The lowest BCUT2D eigenvalue weighted by molar-refractivity contribution is 0.161. The summed E-state index contributed by atoms with van der Waals surface area (Å²) in [5, 5.41) is 7.75. The largest absolute Gasteiger partial charge is 0.360 e. The Morgan fingerprint density at radius 2 is 1.86 bits per heavy atom. The van der Waals surface area contributed by atoms with Crippen molar-refractivity contribution in [2.45, 2.75) is 83.7 Å². The zero-order valence-corrected chi connectivity index (χ0v) is 14.6. The lowest BCUT2D eigenvalue weighted by Crippen LogP contribution is -2.55. The Hall–Kier alpha value is -0.750. The van der Waals surface area contributed by atoms with Crippen LogP contribution < -0.4 is 10.6 Å². The molecule has 0 aromatic carbocycles. The van der Waals surface area contributed by atoms with Gasteiger partial charge in [0, 0.05) is 6.04 Å². The molecule has 2 atom stereocenters. The molecule has 2 fully saturated rings. The molecule has 2 saturated carbocycles. The van der Waals surface area contributed by atoms with Gasteiger partial charge in [0.05, 0.1) is 0 Å². The van der Waals surface area contributed by atoms with Crippen molar-refractivity contribution in [3.05, 3.63) is 0 Å². The van der Waals surface area contributed by atoms with Crippen LogP contribution in [0, 0.1) is 23.7 Å². The average Bonchev–Trinajstić information content (AvgIpc) is 2.37. The number of hydrogen-bond acceptors (Lipinski definition) is 1. The van der Waals surface area contributed by atoms with Crippen molar-refractivity contribution >= 4 is 17.3 Å². The van der Waals surface area contributed by atoms with Crippen molar-refractivity contribution in [1.29, 1.82) is 0 Å². The molecule has 0 aliphatic heterocycles. The minimum Gasteiger partial charge on any atom is -0.360 e. The Morgan fingerprint density at radius 1 is 1.19 bits per heavy atom. The van der Waals surface area contributed by atoms with Crippen molar-refractivity contribution < 1.29 is 0 Å². The maximum atomic E-state index is 5.78. The Kier molecular flexibility index (Phi) is 5.20. The predicted octanol–water partition coefficient (Wildman–Crippen LogP) is 4.00. The number of hydrogen-bond donors (Lipinski definition) is 2. The van der Waals surface area contributed by atoms with Crippen LogP contribution in [0.4, 0.5) is 0 Å². The zero-order valence-electron chi connectivity index (χ0n) is 13.8. The Morgan fingerprint density at radius 3 is 2.43 bits per heavy atom. The smallest absolute Gasteiger partial charge is 0.167 e. The third-order valence-corrected chi connectivity index (χ3v) is 5.28. The quantitative estimate of drug-likeness (QED) is 0.595. The molecule has 2 rings (SSSR count). The fourth-order valence-electron chi connectivity index (χ4n) is 4.36. The summed E-state index contributed by atoms with van der Waals surface area (Å²) in [5.74, 6) is 3.73. The van der Waals surface area contributed by atoms with Crippen LogP contribution >= 0.6 is 12.2 Å². The number of thiocarbonyl (C=S) groups is 1. The monoisotopic (exact) mass is 306 g/mol. The zero-order chi connectivity index (χ0) is 15.5. The molecule has 0 unspecified atom stereocenters. The minimum absolute atomic E-state index is 0.210. The average molecular weight is 307 g/mol.